The van der Waals surface area contributed by atoms with Crippen LogP contribution in [-0.2, 0) is 13.1 Å². The monoisotopic (exact) mass is 237 g/mol. The molecular weight excluding hydrogens is 222 g/mol. The molecule has 0 bridgehead atoms. The van der Waals surface area contributed by atoms with Crippen molar-refractivity contribution in [3.05, 3.63) is 65.0 Å². The molecule has 2 rings (SSSR count). The fourth-order valence-electron chi connectivity index (χ4n) is 1.70. The normalized spacial score (nSPS) is 10.0. The van der Waals surface area contributed by atoms with Gasteiger partial charge in [0.25, 0.3) is 0 Å². The van der Waals surface area contributed by atoms with E-state index < -0.39 is 0 Å². The van der Waals surface area contributed by atoms with E-state index in [9.17, 15) is 0 Å². The Balaban J connectivity index is 1.88. The summed E-state index contributed by atoms with van der Waals surface area (Å²) in [5.74, 6) is 0. The number of rotatable bonds is 4. The SMILES string of the molecule is Cc1ccc(CNCc2ccnc(C#N)c2)cc1. The molecule has 0 saturated carbocycles. The molecule has 0 spiro atoms. The van der Waals surface area contributed by atoms with Crippen LogP contribution < -0.4 is 5.32 Å². The predicted molar refractivity (Wildman–Crippen MR) is 70.7 cm³/mol. The van der Waals surface area contributed by atoms with Crippen molar-refractivity contribution in [3.63, 3.8) is 0 Å². The van der Waals surface area contributed by atoms with Crippen molar-refractivity contribution in [3.8, 4) is 6.07 Å². The van der Waals surface area contributed by atoms with Gasteiger partial charge >= 0.3 is 0 Å². The van der Waals surface area contributed by atoms with Gasteiger partial charge in [-0.1, -0.05) is 29.8 Å². The van der Waals surface area contributed by atoms with Crippen LogP contribution in [0.5, 0.6) is 0 Å². The Hall–Kier alpha value is -2.18. The molecule has 2 aromatic rings. The largest absolute Gasteiger partial charge is 0.309 e. The fraction of sp³-hybridized carbons (Fsp3) is 0.200. The Labute approximate surface area is 107 Å². The van der Waals surface area contributed by atoms with Gasteiger partial charge < -0.3 is 5.32 Å². The highest BCUT2D eigenvalue weighted by Gasteiger charge is 1.97. The minimum Gasteiger partial charge on any atom is -0.309 e. The average Bonchev–Trinajstić information content (AvgIpc) is 2.41. The first-order valence-electron chi connectivity index (χ1n) is 5.89. The van der Waals surface area contributed by atoms with Crippen molar-refractivity contribution in [1.82, 2.24) is 10.3 Å². The molecule has 1 N–H and O–H groups in total. The molecule has 0 aliphatic heterocycles. The van der Waals surface area contributed by atoms with Gasteiger partial charge in [-0.05, 0) is 30.2 Å². The first-order chi connectivity index (χ1) is 8.78. The smallest absolute Gasteiger partial charge is 0.140 e. The second-order valence-corrected chi connectivity index (χ2v) is 4.25. The Morgan fingerprint density at radius 3 is 2.56 bits per heavy atom. The average molecular weight is 237 g/mol. The van der Waals surface area contributed by atoms with Gasteiger partial charge in [0.2, 0.25) is 0 Å². The topological polar surface area (TPSA) is 48.7 Å². The summed E-state index contributed by atoms with van der Waals surface area (Å²) in [5.41, 5.74) is 4.07. The molecule has 0 amide bonds. The van der Waals surface area contributed by atoms with Gasteiger partial charge in [0, 0.05) is 19.3 Å². The van der Waals surface area contributed by atoms with Gasteiger partial charge in [0.15, 0.2) is 0 Å². The molecule has 0 unspecified atom stereocenters. The van der Waals surface area contributed by atoms with Crippen LogP contribution >= 0.6 is 0 Å². The molecule has 3 heteroatoms. The van der Waals surface area contributed by atoms with Crippen molar-refractivity contribution in [2.45, 2.75) is 20.0 Å². The van der Waals surface area contributed by atoms with Gasteiger partial charge in [-0.2, -0.15) is 5.26 Å². The van der Waals surface area contributed by atoms with E-state index in [2.05, 4.69) is 41.5 Å². The van der Waals surface area contributed by atoms with Gasteiger partial charge in [0.1, 0.15) is 11.8 Å². The zero-order chi connectivity index (χ0) is 12.8. The molecule has 18 heavy (non-hydrogen) atoms. The standard InChI is InChI=1S/C15H15N3/c1-12-2-4-13(5-3-12)10-17-11-14-6-7-18-15(8-14)9-16/h2-8,17H,10-11H2,1H3. The van der Waals surface area contributed by atoms with E-state index >= 15 is 0 Å². The zero-order valence-corrected chi connectivity index (χ0v) is 10.4. The van der Waals surface area contributed by atoms with E-state index in [1.807, 2.05) is 18.2 Å². The summed E-state index contributed by atoms with van der Waals surface area (Å²) in [6, 6.07) is 14.2. The Morgan fingerprint density at radius 2 is 1.83 bits per heavy atom. The van der Waals surface area contributed by atoms with E-state index in [0.717, 1.165) is 18.7 Å². The molecule has 1 aromatic heterocycles. The van der Waals surface area contributed by atoms with Crippen LogP contribution in [0.2, 0.25) is 0 Å². The maximum Gasteiger partial charge on any atom is 0.140 e. The molecule has 1 aromatic carbocycles. The van der Waals surface area contributed by atoms with E-state index in [0.29, 0.717) is 5.69 Å². The third-order valence-corrected chi connectivity index (χ3v) is 2.72. The number of aromatic nitrogens is 1. The van der Waals surface area contributed by atoms with Crippen LogP contribution in [0.25, 0.3) is 0 Å². The van der Waals surface area contributed by atoms with Gasteiger partial charge in [-0.15, -0.1) is 0 Å². The van der Waals surface area contributed by atoms with Crippen LogP contribution in [0.4, 0.5) is 0 Å². The quantitative estimate of drug-likeness (QED) is 0.889. The minimum absolute atomic E-state index is 0.463. The Morgan fingerprint density at radius 1 is 1.11 bits per heavy atom. The summed E-state index contributed by atoms with van der Waals surface area (Å²) in [6.07, 6.45) is 1.67. The Bertz CT molecular complexity index is 553. The minimum atomic E-state index is 0.463. The lowest BCUT2D eigenvalue weighted by Crippen LogP contribution is -2.12. The van der Waals surface area contributed by atoms with E-state index in [4.69, 9.17) is 5.26 Å². The summed E-state index contributed by atoms with van der Waals surface area (Å²) < 4.78 is 0. The molecule has 3 nitrogen and oxygen atoms in total. The lowest BCUT2D eigenvalue weighted by Gasteiger charge is -2.05. The Kier molecular flexibility index (Phi) is 4.06. The summed E-state index contributed by atoms with van der Waals surface area (Å²) in [6.45, 7) is 3.65. The van der Waals surface area contributed by atoms with Crippen molar-refractivity contribution >= 4 is 0 Å². The summed E-state index contributed by atoms with van der Waals surface area (Å²) in [4.78, 5) is 3.94. The predicted octanol–water partition coefficient (Wildman–Crippen LogP) is 2.55. The highest BCUT2D eigenvalue weighted by Crippen LogP contribution is 2.04. The van der Waals surface area contributed by atoms with Crippen molar-refractivity contribution in [2.75, 3.05) is 0 Å². The maximum absolute atomic E-state index is 8.76. The molecule has 0 fully saturated rings. The van der Waals surface area contributed by atoms with Crippen LogP contribution in [0.15, 0.2) is 42.6 Å². The fourth-order valence-corrected chi connectivity index (χ4v) is 1.70. The number of nitriles is 1. The molecular formula is C15H15N3. The highest BCUT2D eigenvalue weighted by atomic mass is 14.8. The number of aryl methyl sites for hydroxylation is 1. The van der Waals surface area contributed by atoms with E-state index in [1.54, 1.807) is 6.20 Å². The van der Waals surface area contributed by atoms with Gasteiger partial charge in [0.05, 0.1) is 0 Å². The number of nitrogens with one attached hydrogen (secondary N) is 1. The van der Waals surface area contributed by atoms with Crippen LogP contribution in [-0.4, -0.2) is 4.98 Å². The maximum atomic E-state index is 8.76. The number of benzene rings is 1. The van der Waals surface area contributed by atoms with Crippen molar-refractivity contribution in [1.29, 1.82) is 5.26 Å². The first-order valence-corrected chi connectivity index (χ1v) is 5.89. The molecule has 0 saturated heterocycles. The van der Waals surface area contributed by atoms with Crippen LogP contribution in [0.1, 0.15) is 22.4 Å². The number of hydrogen-bond acceptors (Lipinski definition) is 3. The molecule has 90 valence electrons. The summed E-state index contributed by atoms with van der Waals surface area (Å²) in [7, 11) is 0. The van der Waals surface area contributed by atoms with Gasteiger partial charge in [-0.3, -0.25) is 0 Å². The molecule has 0 radical (unpaired) electrons. The second kappa shape index (κ2) is 5.95. The van der Waals surface area contributed by atoms with Crippen molar-refractivity contribution in [2.24, 2.45) is 0 Å². The van der Waals surface area contributed by atoms with Gasteiger partial charge in [-0.25, -0.2) is 4.98 Å². The number of nitrogens with zero attached hydrogens (tertiary/aromatic N) is 2. The van der Waals surface area contributed by atoms with Crippen molar-refractivity contribution < 1.29 is 0 Å². The molecule has 0 aliphatic rings. The van der Waals surface area contributed by atoms with E-state index in [-0.39, 0.29) is 0 Å². The lowest BCUT2D eigenvalue weighted by atomic mass is 10.1. The molecule has 1 heterocycles. The first kappa shape index (κ1) is 12.3. The van der Waals surface area contributed by atoms with Crippen LogP contribution in [0.3, 0.4) is 0 Å². The molecule has 0 aliphatic carbocycles. The second-order valence-electron chi connectivity index (χ2n) is 4.25. The zero-order valence-electron chi connectivity index (χ0n) is 10.4. The summed E-state index contributed by atoms with van der Waals surface area (Å²) in [5, 5.41) is 12.1. The highest BCUT2D eigenvalue weighted by molar-refractivity contribution is 5.25. The third-order valence-electron chi connectivity index (χ3n) is 2.72. The van der Waals surface area contributed by atoms with E-state index in [1.165, 1.54) is 11.1 Å². The third kappa shape index (κ3) is 3.41. The number of pyridine rings is 1. The van der Waals surface area contributed by atoms with Crippen LogP contribution in [0, 0.1) is 18.3 Å². The number of hydrogen-bond donors (Lipinski definition) is 1. The summed E-state index contributed by atoms with van der Waals surface area (Å²) >= 11 is 0. The molecule has 0 atom stereocenters. The lowest BCUT2D eigenvalue weighted by molar-refractivity contribution is 0.692.